The molecule has 0 amide bonds. The minimum atomic E-state index is -0.250. The predicted molar refractivity (Wildman–Crippen MR) is 44.8 cm³/mol. The van der Waals surface area contributed by atoms with Crippen LogP contribution in [0.15, 0.2) is 0 Å². The van der Waals surface area contributed by atoms with Crippen molar-refractivity contribution in [3.63, 3.8) is 0 Å². The third-order valence-electron chi connectivity index (χ3n) is 3.06. The molecule has 68 valence electrons. The van der Waals surface area contributed by atoms with Crippen LogP contribution in [0, 0.1) is 5.92 Å². The number of carbonyl (C=O) groups is 1. The van der Waals surface area contributed by atoms with Crippen molar-refractivity contribution < 1.29 is 9.90 Å². The summed E-state index contributed by atoms with van der Waals surface area (Å²) in [6.45, 7) is 0.899. The first kappa shape index (κ1) is 8.20. The summed E-state index contributed by atoms with van der Waals surface area (Å²) in [5, 5.41) is 13.0. The van der Waals surface area contributed by atoms with Crippen LogP contribution in [0.3, 0.4) is 0 Å². The van der Waals surface area contributed by atoms with Gasteiger partial charge in [-0.2, -0.15) is 0 Å². The fourth-order valence-corrected chi connectivity index (χ4v) is 2.33. The topological polar surface area (TPSA) is 49.3 Å². The monoisotopic (exact) mass is 169 g/mol. The molecule has 1 saturated heterocycles. The molecule has 2 fully saturated rings. The van der Waals surface area contributed by atoms with E-state index in [1.807, 2.05) is 0 Å². The fourth-order valence-electron chi connectivity index (χ4n) is 2.33. The zero-order chi connectivity index (χ0) is 8.55. The van der Waals surface area contributed by atoms with E-state index in [0.717, 1.165) is 19.4 Å². The molecule has 3 atom stereocenters. The first-order valence-corrected chi connectivity index (χ1v) is 4.70. The lowest BCUT2D eigenvalue weighted by Crippen LogP contribution is -2.51. The van der Waals surface area contributed by atoms with Gasteiger partial charge in [-0.05, 0) is 19.4 Å². The molecule has 1 heterocycles. The first-order valence-electron chi connectivity index (χ1n) is 4.70. The number of hydrogen-bond donors (Lipinski definition) is 2. The molecule has 12 heavy (non-hydrogen) atoms. The second kappa shape index (κ2) is 3.15. The van der Waals surface area contributed by atoms with Crippen LogP contribution in [-0.4, -0.2) is 29.6 Å². The number of aliphatic hydroxyl groups is 1. The van der Waals surface area contributed by atoms with E-state index in [0.29, 0.717) is 24.7 Å². The van der Waals surface area contributed by atoms with E-state index in [1.54, 1.807) is 0 Å². The Bertz CT molecular complexity index is 193. The molecule has 0 aromatic carbocycles. The van der Waals surface area contributed by atoms with Gasteiger partial charge in [0.2, 0.25) is 0 Å². The summed E-state index contributed by atoms with van der Waals surface area (Å²) in [7, 11) is 0. The average molecular weight is 169 g/mol. The molecule has 3 nitrogen and oxygen atoms in total. The minimum absolute atomic E-state index is 0.194. The van der Waals surface area contributed by atoms with Crippen LogP contribution in [0.1, 0.15) is 25.7 Å². The lowest BCUT2D eigenvalue weighted by Gasteiger charge is -2.38. The average Bonchev–Trinajstić information content (AvgIpc) is 2.07. The number of hydrogen-bond acceptors (Lipinski definition) is 3. The zero-order valence-corrected chi connectivity index (χ0v) is 7.12. The molecule has 2 N–H and O–H groups in total. The largest absolute Gasteiger partial charge is 0.393 e. The van der Waals surface area contributed by atoms with E-state index in [9.17, 15) is 9.90 Å². The van der Waals surface area contributed by atoms with Crippen LogP contribution in [-0.2, 0) is 4.79 Å². The van der Waals surface area contributed by atoms with Gasteiger partial charge in [-0.3, -0.25) is 4.79 Å². The summed E-state index contributed by atoms with van der Waals surface area (Å²) >= 11 is 0. The smallest absolute Gasteiger partial charge is 0.133 e. The maximum Gasteiger partial charge on any atom is 0.133 e. The van der Waals surface area contributed by atoms with E-state index >= 15 is 0 Å². The molecular weight excluding hydrogens is 154 g/mol. The van der Waals surface area contributed by atoms with Gasteiger partial charge in [-0.15, -0.1) is 0 Å². The number of nitrogens with one attached hydrogen (secondary N) is 1. The number of aliphatic hydroxyl groups excluding tert-OH is 1. The van der Waals surface area contributed by atoms with Crippen LogP contribution < -0.4 is 5.32 Å². The molecule has 3 heteroatoms. The quantitative estimate of drug-likeness (QED) is 0.540. The Balaban J connectivity index is 2.05. The number of fused-ring (bicyclic) bond motifs is 1. The van der Waals surface area contributed by atoms with E-state index in [4.69, 9.17) is 0 Å². The number of Topliss-reactive ketones (excluding diaryl/α,β-unsaturated/α-hetero) is 1. The third-order valence-corrected chi connectivity index (χ3v) is 3.06. The molecule has 3 unspecified atom stereocenters. The van der Waals surface area contributed by atoms with Crippen molar-refractivity contribution >= 4 is 5.78 Å². The normalized spacial score (nSPS) is 42.4. The van der Waals surface area contributed by atoms with Gasteiger partial charge in [-0.1, -0.05) is 0 Å². The van der Waals surface area contributed by atoms with Crippen LogP contribution in [0.25, 0.3) is 0 Å². The lowest BCUT2D eigenvalue weighted by atomic mass is 9.77. The van der Waals surface area contributed by atoms with Gasteiger partial charge in [-0.25, -0.2) is 0 Å². The molecule has 0 radical (unpaired) electrons. The van der Waals surface area contributed by atoms with Crippen molar-refractivity contribution in [2.45, 2.75) is 37.8 Å². The second-order valence-electron chi connectivity index (χ2n) is 3.86. The maximum absolute atomic E-state index is 11.1. The third kappa shape index (κ3) is 1.39. The van der Waals surface area contributed by atoms with Gasteiger partial charge in [0.05, 0.1) is 6.10 Å². The molecule has 1 aliphatic carbocycles. The van der Waals surface area contributed by atoms with E-state index < -0.39 is 0 Å². The van der Waals surface area contributed by atoms with Gasteiger partial charge in [0.1, 0.15) is 5.78 Å². The highest BCUT2D eigenvalue weighted by Crippen LogP contribution is 2.28. The van der Waals surface area contributed by atoms with Crippen molar-refractivity contribution in [2.24, 2.45) is 5.92 Å². The number of piperidine rings is 1. The summed E-state index contributed by atoms with van der Waals surface area (Å²) in [4.78, 5) is 11.1. The van der Waals surface area contributed by atoms with Gasteiger partial charge < -0.3 is 10.4 Å². The minimum Gasteiger partial charge on any atom is -0.393 e. The molecule has 0 spiro atoms. The number of ketones is 1. The Morgan fingerprint density at radius 3 is 3.08 bits per heavy atom. The van der Waals surface area contributed by atoms with Crippen molar-refractivity contribution in [1.29, 1.82) is 0 Å². The van der Waals surface area contributed by atoms with Gasteiger partial charge in [0.25, 0.3) is 0 Å². The fraction of sp³-hybridized carbons (Fsp3) is 0.889. The van der Waals surface area contributed by atoms with Crippen molar-refractivity contribution in [3.8, 4) is 0 Å². The van der Waals surface area contributed by atoms with Crippen LogP contribution in [0.5, 0.6) is 0 Å². The van der Waals surface area contributed by atoms with Gasteiger partial charge in [0, 0.05) is 24.8 Å². The molecule has 1 saturated carbocycles. The SMILES string of the molecule is O=C1CCC2NCCC(O)C2C1. The molecular formula is C9H15NO2. The molecule has 0 aromatic heterocycles. The Hall–Kier alpha value is -0.410. The molecule has 2 aliphatic rings. The molecule has 1 aliphatic heterocycles. The van der Waals surface area contributed by atoms with Crippen molar-refractivity contribution in [2.75, 3.05) is 6.54 Å². The summed E-state index contributed by atoms with van der Waals surface area (Å²) < 4.78 is 0. The predicted octanol–water partition coefficient (Wildman–Crippen LogP) is 0.0784. The van der Waals surface area contributed by atoms with Crippen molar-refractivity contribution in [3.05, 3.63) is 0 Å². The Kier molecular flexibility index (Phi) is 2.15. The molecule has 2 rings (SSSR count). The highest BCUT2D eigenvalue weighted by Gasteiger charge is 2.36. The summed E-state index contributed by atoms with van der Waals surface area (Å²) in [6.07, 6.45) is 2.75. The molecule has 0 aromatic rings. The zero-order valence-electron chi connectivity index (χ0n) is 7.12. The first-order chi connectivity index (χ1) is 5.77. The van der Waals surface area contributed by atoms with Crippen LogP contribution in [0.2, 0.25) is 0 Å². The highest BCUT2D eigenvalue weighted by atomic mass is 16.3. The van der Waals surface area contributed by atoms with Crippen LogP contribution in [0.4, 0.5) is 0 Å². The summed E-state index contributed by atoms with van der Waals surface area (Å²) in [6, 6.07) is 0.395. The maximum atomic E-state index is 11.1. The second-order valence-corrected chi connectivity index (χ2v) is 3.86. The van der Waals surface area contributed by atoms with Crippen LogP contribution >= 0.6 is 0 Å². The Labute approximate surface area is 72.2 Å². The van der Waals surface area contributed by atoms with E-state index in [2.05, 4.69) is 5.32 Å². The Morgan fingerprint density at radius 1 is 1.42 bits per heavy atom. The standard InChI is InChI=1S/C9H15NO2/c11-6-1-2-8-7(5-6)9(12)3-4-10-8/h7-10,12H,1-5H2. The Morgan fingerprint density at radius 2 is 2.25 bits per heavy atom. The summed E-state index contributed by atoms with van der Waals surface area (Å²) in [5.41, 5.74) is 0. The van der Waals surface area contributed by atoms with Gasteiger partial charge >= 0.3 is 0 Å². The summed E-state index contributed by atoms with van der Waals surface area (Å²) in [5.74, 6) is 0.513. The van der Waals surface area contributed by atoms with Gasteiger partial charge in [0.15, 0.2) is 0 Å². The molecule has 0 bridgehead atoms. The van der Waals surface area contributed by atoms with E-state index in [-0.39, 0.29) is 12.0 Å². The lowest BCUT2D eigenvalue weighted by molar-refractivity contribution is -0.124. The highest BCUT2D eigenvalue weighted by molar-refractivity contribution is 5.79. The van der Waals surface area contributed by atoms with Crippen molar-refractivity contribution in [1.82, 2.24) is 5.32 Å². The number of carbonyl (C=O) groups excluding carboxylic acids is 1. The van der Waals surface area contributed by atoms with E-state index in [1.165, 1.54) is 0 Å². The number of rotatable bonds is 0.